The number of piperazine rings is 1. The lowest BCUT2D eigenvalue weighted by Gasteiger charge is -2.36. The minimum Gasteiger partial charge on any atom is -0.444 e. The summed E-state index contributed by atoms with van der Waals surface area (Å²) in [6.07, 6.45) is 5.37. The van der Waals surface area contributed by atoms with Crippen molar-refractivity contribution in [2.45, 2.75) is 110 Å². The van der Waals surface area contributed by atoms with Gasteiger partial charge in [-0.3, -0.25) is 0 Å². The Morgan fingerprint density at radius 1 is 0.915 bits per heavy atom. The Hall–Kier alpha value is -3.80. The lowest BCUT2D eigenvalue weighted by molar-refractivity contribution is 0.00970. The van der Waals surface area contributed by atoms with Crippen LogP contribution < -0.4 is 21.3 Å². The van der Waals surface area contributed by atoms with Gasteiger partial charge in [0.05, 0.1) is 0 Å². The van der Waals surface area contributed by atoms with Crippen molar-refractivity contribution in [3.63, 3.8) is 0 Å². The summed E-state index contributed by atoms with van der Waals surface area (Å²) < 4.78 is 11.6. The second-order valence-electron chi connectivity index (χ2n) is 14.6. The highest BCUT2D eigenvalue weighted by atomic mass is 16.6. The van der Waals surface area contributed by atoms with E-state index in [-0.39, 0.29) is 18.2 Å². The summed E-state index contributed by atoms with van der Waals surface area (Å²) >= 11 is 0. The molecule has 4 N–H and O–H groups in total. The standard InChI is InChI=1S/C35H56N8O4/c1-34(2,3)46-32(44)42(19-10-20-43(28-11-8-7-9-12-28)33(45)47-35(4,5)6)25-27-15-13-26(14-16-27)24-38-31-39-29(36)23-30(40-31)41-21-17-37-18-22-41/h13-16,23,28,37H,7-12,17-22,24-25H2,1-6H3,(H3,36,38,39,40). The van der Waals surface area contributed by atoms with E-state index in [9.17, 15) is 9.59 Å². The van der Waals surface area contributed by atoms with Crippen molar-refractivity contribution in [3.05, 3.63) is 41.5 Å². The summed E-state index contributed by atoms with van der Waals surface area (Å²) in [7, 11) is 0. The molecule has 2 aromatic rings. The average molecular weight is 653 g/mol. The van der Waals surface area contributed by atoms with Crippen molar-refractivity contribution in [1.82, 2.24) is 25.1 Å². The lowest BCUT2D eigenvalue weighted by atomic mass is 9.94. The Labute approximate surface area is 280 Å². The minimum absolute atomic E-state index is 0.168. The first kappa shape index (κ1) is 36.0. The zero-order valence-electron chi connectivity index (χ0n) is 29.3. The van der Waals surface area contributed by atoms with Crippen LogP contribution in [0.15, 0.2) is 30.3 Å². The summed E-state index contributed by atoms with van der Waals surface area (Å²) in [5.41, 5.74) is 6.94. The Morgan fingerprint density at radius 3 is 2.17 bits per heavy atom. The Bertz CT molecular complexity index is 1300. The van der Waals surface area contributed by atoms with Crippen molar-refractivity contribution < 1.29 is 19.1 Å². The van der Waals surface area contributed by atoms with Gasteiger partial charge in [-0.15, -0.1) is 0 Å². The number of aromatic nitrogens is 2. The van der Waals surface area contributed by atoms with Crippen LogP contribution in [0.4, 0.5) is 27.2 Å². The molecule has 1 aromatic heterocycles. The topological polar surface area (TPSA) is 138 Å². The number of hydrogen-bond acceptors (Lipinski definition) is 10. The van der Waals surface area contributed by atoms with Crippen LogP contribution in [0.3, 0.4) is 0 Å². The van der Waals surface area contributed by atoms with Crippen LogP contribution in [0.25, 0.3) is 0 Å². The van der Waals surface area contributed by atoms with Crippen LogP contribution in [-0.4, -0.2) is 88.5 Å². The molecule has 1 saturated carbocycles. The van der Waals surface area contributed by atoms with Crippen molar-refractivity contribution in [3.8, 4) is 0 Å². The quantitative estimate of drug-likeness (QED) is 0.274. The molecule has 12 heteroatoms. The molecule has 260 valence electrons. The van der Waals surface area contributed by atoms with Gasteiger partial charge in [-0.25, -0.2) is 9.59 Å². The number of ether oxygens (including phenoxy) is 2. The summed E-state index contributed by atoms with van der Waals surface area (Å²) in [5.74, 6) is 1.75. The number of nitrogens with zero attached hydrogens (tertiary/aromatic N) is 5. The van der Waals surface area contributed by atoms with Gasteiger partial charge in [-0.2, -0.15) is 9.97 Å². The van der Waals surface area contributed by atoms with Gasteiger partial charge < -0.3 is 40.5 Å². The molecule has 1 aliphatic heterocycles. The first-order valence-corrected chi connectivity index (χ1v) is 17.2. The normalized spacial score (nSPS) is 16.0. The molecule has 1 saturated heterocycles. The maximum absolute atomic E-state index is 13.3. The Kier molecular flexibility index (Phi) is 12.5. The fourth-order valence-corrected chi connectivity index (χ4v) is 5.88. The van der Waals surface area contributed by atoms with Gasteiger partial charge in [-0.1, -0.05) is 43.5 Å². The van der Waals surface area contributed by atoms with E-state index in [2.05, 4.69) is 25.5 Å². The third kappa shape index (κ3) is 12.1. The number of nitrogens with one attached hydrogen (secondary N) is 2. The molecule has 2 heterocycles. The van der Waals surface area contributed by atoms with E-state index in [1.54, 1.807) is 4.90 Å². The predicted octanol–water partition coefficient (Wildman–Crippen LogP) is 5.78. The van der Waals surface area contributed by atoms with E-state index in [1.807, 2.05) is 76.8 Å². The molecule has 0 unspecified atom stereocenters. The molecular formula is C35H56N8O4. The maximum atomic E-state index is 13.3. The zero-order valence-corrected chi connectivity index (χ0v) is 29.3. The van der Waals surface area contributed by atoms with Gasteiger partial charge in [-0.05, 0) is 71.9 Å². The second-order valence-corrected chi connectivity index (χ2v) is 14.6. The number of rotatable bonds is 11. The molecule has 1 aliphatic carbocycles. The molecule has 2 aliphatic rings. The summed E-state index contributed by atoms with van der Waals surface area (Å²) in [6.45, 7) is 16.8. The minimum atomic E-state index is -0.622. The van der Waals surface area contributed by atoms with E-state index < -0.39 is 11.2 Å². The fourth-order valence-electron chi connectivity index (χ4n) is 5.88. The summed E-state index contributed by atoms with van der Waals surface area (Å²) in [4.78, 5) is 41.4. The highest BCUT2D eigenvalue weighted by Crippen LogP contribution is 2.25. The third-order valence-corrected chi connectivity index (χ3v) is 8.14. The van der Waals surface area contributed by atoms with E-state index in [0.29, 0.717) is 44.4 Å². The molecule has 12 nitrogen and oxygen atoms in total. The number of nitrogen functional groups attached to an aromatic ring is 1. The van der Waals surface area contributed by atoms with Crippen LogP contribution in [0, 0.1) is 0 Å². The van der Waals surface area contributed by atoms with Crippen molar-refractivity contribution in [2.75, 3.05) is 55.2 Å². The van der Waals surface area contributed by atoms with E-state index in [4.69, 9.17) is 15.2 Å². The van der Waals surface area contributed by atoms with Crippen LogP contribution in [0.2, 0.25) is 0 Å². The molecule has 0 atom stereocenters. The maximum Gasteiger partial charge on any atom is 0.410 e. The number of anilines is 3. The van der Waals surface area contributed by atoms with Gasteiger partial charge in [0.2, 0.25) is 5.95 Å². The predicted molar refractivity (Wildman–Crippen MR) is 186 cm³/mol. The first-order valence-electron chi connectivity index (χ1n) is 17.2. The molecule has 1 aromatic carbocycles. The van der Waals surface area contributed by atoms with E-state index in [0.717, 1.165) is 68.8 Å². The Balaban J connectivity index is 1.38. The monoisotopic (exact) mass is 652 g/mol. The first-order chi connectivity index (χ1) is 22.3. The number of benzene rings is 1. The fraction of sp³-hybridized carbons (Fsp3) is 0.657. The van der Waals surface area contributed by atoms with Crippen molar-refractivity contribution in [1.29, 1.82) is 0 Å². The molecule has 2 amide bonds. The summed E-state index contributed by atoms with van der Waals surface area (Å²) in [5, 5.41) is 6.65. The number of carbonyl (C=O) groups excluding carboxylic acids is 2. The molecule has 4 rings (SSSR count). The highest BCUT2D eigenvalue weighted by Gasteiger charge is 2.30. The molecule has 2 fully saturated rings. The van der Waals surface area contributed by atoms with Gasteiger partial charge in [0.25, 0.3) is 0 Å². The van der Waals surface area contributed by atoms with Gasteiger partial charge >= 0.3 is 12.2 Å². The molecular weight excluding hydrogens is 596 g/mol. The number of nitrogens with two attached hydrogens (primary N) is 1. The van der Waals surface area contributed by atoms with Gasteiger partial charge in [0.15, 0.2) is 0 Å². The van der Waals surface area contributed by atoms with E-state index >= 15 is 0 Å². The van der Waals surface area contributed by atoms with Crippen LogP contribution in [0.5, 0.6) is 0 Å². The third-order valence-electron chi connectivity index (χ3n) is 8.14. The Morgan fingerprint density at radius 2 is 1.53 bits per heavy atom. The van der Waals surface area contributed by atoms with Gasteiger partial charge in [0.1, 0.15) is 22.8 Å². The average Bonchev–Trinajstić information content (AvgIpc) is 3.01. The molecule has 0 spiro atoms. The molecule has 0 radical (unpaired) electrons. The number of hydrogen-bond donors (Lipinski definition) is 3. The van der Waals surface area contributed by atoms with Gasteiger partial charge in [0, 0.05) is 64.5 Å². The largest absolute Gasteiger partial charge is 0.444 e. The SMILES string of the molecule is CC(C)(C)OC(=O)N(CCCN(C(=O)OC(C)(C)C)C1CCCCC1)Cc1ccc(CNc2nc(N)cc(N3CCNCC3)n2)cc1. The van der Waals surface area contributed by atoms with Crippen molar-refractivity contribution >= 4 is 29.8 Å². The van der Waals surface area contributed by atoms with Crippen LogP contribution in [-0.2, 0) is 22.6 Å². The van der Waals surface area contributed by atoms with E-state index in [1.165, 1.54) is 6.42 Å². The smallest absolute Gasteiger partial charge is 0.410 e. The van der Waals surface area contributed by atoms with Crippen LogP contribution in [0.1, 0.15) is 91.2 Å². The second kappa shape index (κ2) is 16.3. The summed E-state index contributed by atoms with van der Waals surface area (Å²) in [6, 6.07) is 10.1. The molecule has 0 bridgehead atoms. The molecule has 47 heavy (non-hydrogen) atoms. The highest BCUT2D eigenvalue weighted by molar-refractivity contribution is 5.69. The van der Waals surface area contributed by atoms with Crippen LogP contribution >= 0.6 is 0 Å². The number of amides is 2. The lowest BCUT2D eigenvalue weighted by Crippen LogP contribution is -2.45. The van der Waals surface area contributed by atoms with Crippen molar-refractivity contribution in [2.24, 2.45) is 0 Å². The zero-order chi connectivity index (χ0) is 34.0. The number of carbonyl (C=O) groups is 2.